The third kappa shape index (κ3) is 4.64. The zero-order valence-corrected chi connectivity index (χ0v) is 18.5. The van der Waals surface area contributed by atoms with E-state index in [4.69, 9.17) is 10.7 Å². The Morgan fingerprint density at radius 1 is 1.19 bits per heavy atom. The molecule has 0 aliphatic heterocycles. The van der Waals surface area contributed by atoms with Crippen LogP contribution in [0.3, 0.4) is 0 Å². The molecular weight excluding hydrogens is 402 g/mol. The molecule has 0 saturated heterocycles. The molecule has 2 aromatic heterocycles. The highest BCUT2D eigenvalue weighted by Gasteiger charge is 2.27. The molecule has 0 unspecified atom stereocenters. The second-order valence-corrected chi connectivity index (χ2v) is 8.40. The predicted molar refractivity (Wildman–Crippen MR) is 130 cm³/mol. The van der Waals surface area contributed by atoms with Gasteiger partial charge in [-0.05, 0) is 43.5 Å². The third-order valence-electron chi connectivity index (χ3n) is 5.90. The fourth-order valence-corrected chi connectivity index (χ4v) is 4.14. The van der Waals surface area contributed by atoms with Crippen LogP contribution in [0.2, 0.25) is 0 Å². The first-order chi connectivity index (χ1) is 15.5. The van der Waals surface area contributed by atoms with E-state index in [-0.39, 0.29) is 11.3 Å². The molecule has 2 heterocycles. The van der Waals surface area contributed by atoms with Crippen LogP contribution in [-0.2, 0) is 0 Å². The highest BCUT2D eigenvalue weighted by atomic mass is 16.3. The van der Waals surface area contributed by atoms with Gasteiger partial charge in [-0.3, -0.25) is 4.99 Å². The molecular formula is C24H29N7O. The number of hydrogen-bond acceptors (Lipinski definition) is 8. The fourth-order valence-electron chi connectivity index (χ4n) is 4.14. The van der Waals surface area contributed by atoms with Crippen molar-refractivity contribution in [2.24, 2.45) is 10.7 Å². The molecule has 1 saturated carbocycles. The lowest BCUT2D eigenvalue weighted by Gasteiger charge is -2.35. The van der Waals surface area contributed by atoms with Crippen molar-refractivity contribution in [2.45, 2.75) is 44.6 Å². The monoisotopic (exact) mass is 431 g/mol. The van der Waals surface area contributed by atoms with E-state index in [1.807, 2.05) is 12.1 Å². The quantitative estimate of drug-likeness (QED) is 0.332. The van der Waals surface area contributed by atoms with Crippen molar-refractivity contribution < 1.29 is 5.11 Å². The number of phenolic OH excluding ortho intramolecular Hbond substituents is 1. The number of phenols is 1. The van der Waals surface area contributed by atoms with Gasteiger partial charge in [0.05, 0.1) is 5.69 Å². The highest BCUT2D eigenvalue weighted by molar-refractivity contribution is 6.09. The van der Waals surface area contributed by atoms with E-state index >= 15 is 0 Å². The molecule has 166 valence electrons. The second-order valence-electron chi connectivity index (χ2n) is 8.40. The number of pyridine rings is 1. The zero-order valence-electron chi connectivity index (χ0n) is 18.5. The number of nitrogens with one attached hydrogen (secondary N) is 2. The van der Waals surface area contributed by atoms with Crippen molar-refractivity contribution in [2.75, 3.05) is 17.7 Å². The van der Waals surface area contributed by atoms with Crippen LogP contribution in [0.4, 0.5) is 17.5 Å². The Hall–Kier alpha value is -3.68. The number of nitrogens with two attached hydrogens (primary N) is 1. The van der Waals surface area contributed by atoms with E-state index in [1.54, 1.807) is 37.8 Å². The van der Waals surface area contributed by atoms with Gasteiger partial charge in [-0.15, -0.1) is 0 Å². The number of hydrogen-bond donors (Lipinski definition) is 4. The van der Waals surface area contributed by atoms with E-state index in [9.17, 15) is 5.11 Å². The van der Waals surface area contributed by atoms with Crippen LogP contribution in [0, 0.1) is 0 Å². The number of benzene rings is 1. The fraction of sp³-hybridized carbons (Fsp3) is 0.333. The topological polar surface area (TPSA) is 121 Å². The summed E-state index contributed by atoms with van der Waals surface area (Å²) in [7, 11) is 1.67. The van der Waals surface area contributed by atoms with Crippen molar-refractivity contribution >= 4 is 40.1 Å². The maximum absolute atomic E-state index is 10.5. The predicted octanol–water partition coefficient (Wildman–Crippen LogP) is 4.61. The van der Waals surface area contributed by atoms with Gasteiger partial charge in [0.15, 0.2) is 5.82 Å². The van der Waals surface area contributed by atoms with Crippen LogP contribution in [0.15, 0.2) is 47.9 Å². The normalized spacial score (nSPS) is 16.4. The maximum atomic E-state index is 10.5. The molecule has 5 N–H and O–H groups in total. The Kier molecular flexibility index (Phi) is 6.20. The molecule has 0 bridgehead atoms. The molecule has 4 rings (SSSR count). The Labute approximate surface area is 187 Å². The van der Waals surface area contributed by atoms with Gasteiger partial charge in [0.2, 0.25) is 5.95 Å². The smallest absolute Gasteiger partial charge is 0.227 e. The lowest BCUT2D eigenvalue weighted by atomic mass is 9.83. The molecule has 0 amide bonds. The first kappa shape index (κ1) is 21.5. The average Bonchev–Trinajstić information content (AvgIpc) is 2.79. The molecule has 8 nitrogen and oxygen atoms in total. The zero-order chi connectivity index (χ0) is 22.6. The van der Waals surface area contributed by atoms with Gasteiger partial charge in [0.1, 0.15) is 11.3 Å². The number of allylic oxidation sites excluding steroid dienone is 1. The molecule has 0 radical (unpaired) electrons. The Balaban J connectivity index is 1.61. The summed E-state index contributed by atoms with van der Waals surface area (Å²) in [6.45, 7) is 2.25. The Morgan fingerprint density at radius 2 is 2.00 bits per heavy atom. The summed E-state index contributed by atoms with van der Waals surface area (Å²) >= 11 is 0. The van der Waals surface area contributed by atoms with Crippen molar-refractivity contribution in [3.63, 3.8) is 0 Å². The summed E-state index contributed by atoms with van der Waals surface area (Å²) in [5.74, 6) is 1.21. The number of anilines is 3. The van der Waals surface area contributed by atoms with Crippen LogP contribution >= 0.6 is 0 Å². The number of aromatic nitrogens is 3. The standard InChI is InChI=1S/C24H29N7O/c1-24(9-4-3-5-10-24)31-22-21-17(8-11-27-22)15-28-23(30-21)29-19-7-6-16(12-20(19)32)18(13-25)14-26-2/h6-8,11-15,32H,3-5,9-10,25H2,1-2H3,(H,27,31)(H,28,29,30). The van der Waals surface area contributed by atoms with Crippen LogP contribution in [0.5, 0.6) is 5.75 Å². The van der Waals surface area contributed by atoms with Gasteiger partial charge >= 0.3 is 0 Å². The van der Waals surface area contributed by atoms with Gasteiger partial charge in [-0.25, -0.2) is 15.0 Å². The third-order valence-corrected chi connectivity index (χ3v) is 5.90. The molecule has 32 heavy (non-hydrogen) atoms. The first-order valence-corrected chi connectivity index (χ1v) is 10.9. The van der Waals surface area contributed by atoms with E-state index in [1.165, 1.54) is 25.5 Å². The number of nitrogens with zero attached hydrogens (tertiary/aromatic N) is 4. The largest absolute Gasteiger partial charge is 0.506 e. The van der Waals surface area contributed by atoms with Gasteiger partial charge in [0.25, 0.3) is 0 Å². The first-order valence-electron chi connectivity index (χ1n) is 10.9. The summed E-state index contributed by atoms with van der Waals surface area (Å²) in [4.78, 5) is 17.7. The Morgan fingerprint density at radius 3 is 2.72 bits per heavy atom. The van der Waals surface area contributed by atoms with Crippen LogP contribution in [0.1, 0.15) is 44.6 Å². The molecule has 1 aliphatic carbocycles. The van der Waals surface area contributed by atoms with Crippen molar-refractivity contribution in [1.82, 2.24) is 15.0 Å². The summed E-state index contributed by atoms with van der Waals surface area (Å²) in [5.41, 5.74) is 8.40. The van der Waals surface area contributed by atoms with E-state index in [0.29, 0.717) is 17.2 Å². The molecule has 1 aromatic carbocycles. The number of aliphatic imine (C=N–C) groups is 1. The van der Waals surface area contributed by atoms with Crippen molar-refractivity contribution in [3.05, 3.63) is 48.4 Å². The van der Waals surface area contributed by atoms with Crippen molar-refractivity contribution in [1.29, 1.82) is 0 Å². The minimum Gasteiger partial charge on any atom is -0.506 e. The molecule has 1 fully saturated rings. The summed E-state index contributed by atoms with van der Waals surface area (Å²) < 4.78 is 0. The van der Waals surface area contributed by atoms with E-state index in [0.717, 1.165) is 35.1 Å². The summed E-state index contributed by atoms with van der Waals surface area (Å²) in [6.07, 6.45) is 12.6. The molecule has 0 spiro atoms. The molecule has 3 aromatic rings. The van der Waals surface area contributed by atoms with E-state index < -0.39 is 0 Å². The highest BCUT2D eigenvalue weighted by Crippen LogP contribution is 2.33. The summed E-state index contributed by atoms with van der Waals surface area (Å²) in [5, 5.41) is 18.2. The molecule has 0 atom stereocenters. The lowest BCUT2D eigenvalue weighted by molar-refractivity contribution is 0.349. The minimum absolute atomic E-state index is 0.0161. The number of fused-ring (bicyclic) bond motifs is 1. The minimum atomic E-state index is 0.0161. The van der Waals surface area contributed by atoms with Gasteiger partial charge in [-0.1, -0.05) is 25.3 Å². The van der Waals surface area contributed by atoms with Crippen LogP contribution < -0.4 is 16.4 Å². The van der Waals surface area contributed by atoms with Gasteiger partial charge < -0.3 is 21.5 Å². The summed E-state index contributed by atoms with van der Waals surface area (Å²) in [6, 6.07) is 7.14. The number of rotatable bonds is 6. The average molecular weight is 432 g/mol. The van der Waals surface area contributed by atoms with Gasteiger partial charge in [-0.2, -0.15) is 0 Å². The lowest BCUT2D eigenvalue weighted by Crippen LogP contribution is -2.37. The SMILES string of the molecule is CN=CC(=CN)c1ccc(Nc2ncc3ccnc(NC4(C)CCCCC4)c3n2)c(O)c1. The molecule has 8 heteroatoms. The maximum Gasteiger partial charge on any atom is 0.227 e. The van der Waals surface area contributed by atoms with Gasteiger partial charge in [0, 0.05) is 48.4 Å². The Bertz CT molecular complexity index is 1170. The number of aromatic hydroxyl groups is 1. The second kappa shape index (κ2) is 9.21. The van der Waals surface area contributed by atoms with Crippen molar-refractivity contribution in [3.8, 4) is 5.75 Å². The van der Waals surface area contributed by atoms with Crippen LogP contribution in [0.25, 0.3) is 16.5 Å². The molecule has 1 aliphatic rings. The van der Waals surface area contributed by atoms with E-state index in [2.05, 4.69) is 32.5 Å². The van der Waals surface area contributed by atoms with Crippen LogP contribution in [-0.4, -0.2) is 38.9 Å².